The molecule has 0 spiro atoms. The number of halogens is 3. The number of amides is 2. The first-order valence-corrected chi connectivity index (χ1v) is 4.34. The average molecular weight is 252 g/mol. The molecule has 4 nitrogen and oxygen atoms in total. The second-order valence-electron chi connectivity index (χ2n) is 2.77. The number of hydrogen-bond donors (Lipinski definition) is 3. The van der Waals surface area contributed by atoms with Crippen molar-refractivity contribution in [3.05, 3.63) is 29.8 Å². The second-order valence-corrected chi connectivity index (χ2v) is 2.77. The van der Waals surface area contributed by atoms with Crippen molar-refractivity contribution in [2.24, 2.45) is 5.73 Å². The molecule has 0 heterocycles. The van der Waals surface area contributed by atoms with Crippen LogP contribution in [0.1, 0.15) is 0 Å². The number of para-hydroxylation sites is 1. The number of urea groups is 1. The van der Waals surface area contributed by atoms with Crippen molar-refractivity contribution in [1.29, 1.82) is 0 Å². The number of rotatable bonds is 3. The van der Waals surface area contributed by atoms with Gasteiger partial charge in [-0.3, -0.25) is 0 Å². The zero-order chi connectivity index (χ0) is 11.3. The van der Waals surface area contributed by atoms with Crippen LogP contribution in [0.25, 0.3) is 0 Å². The molecule has 0 aromatic heterocycles. The summed E-state index contributed by atoms with van der Waals surface area (Å²) in [5.74, 6) is -1.64. The van der Waals surface area contributed by atoms with Crippen LogP contribution >= 0.6 is 12.4 Å². The zero-order valence-electron chi connectivity index (χ0n) is 8.30. The van der Waals surface area contributed by atoms with Crippen LogP contribution in [0.3, 0.4) is 0 Å². The van der Waals surface area contributed by atoms with Gasteiger partial charge in [0.05, 0.1) is 0 Å². The monoisotopic (exact) mass is 251 g/mol. The van der Waals surface area contributed by atoms with Crippen molar-refractivity contribution in [2.45, 2.75) is 0 Å². The molecule has 1 rings (SSSR count). The standard InChI is InChI=1S/C9H11F2N3O.ClH/c10-6-2-1-3-7(11)8(6)14-9(15)13-5-4-12;/h1-3H,4-5,12H2,(H2,13,14,15);1H. The predicted octanol–water partition coefficient (Wildman–Crippen LogP) is 1.47. The van der Waals surface area contributed by atoms with Gasteiger partial charge in [0.2, 0.25) is 0 Å². The minimum absolute atomic E-state index is 0. The van der Waals surface area contributed by atoms with E-state index in [4.69, 9.17) is 5.73 Å². The van der Waals surface area contributed by atoms with Crippen molar-refractivity contribution >= 4 is 24.1 Å². The van der Waals surface area contributed by atoms with Gasteiger partial charge in [-0.15, -0.1) is 12.4 Å². The molecular weight excluding hydrogens is 240 g/mol. The Morgan fingerprint density at radius 2 is 1.88 bits per heavy atom. The number of anilines is 1. The SMILES string of the molecule is Cl.NCCNC(=O)Nc1c(F)cccc1F. The van der Waals surface area contributed by atoms with Gasteiger partial charge in [0.25, 0.3) is 0 Å². The highest BCUT2D eigenvalue weighted by Gasteiger charge is 2.10. The molecule has 90 valence electrons. The minimum Gasteiger partial charge on any atom is -0.337 e. The van der Waals surface area contributed by atoms with E-state index in [-0.39, 0.29) is 25.5 Å². The molecule has 0 saturated carbocycles. The lowest BCUT2D eigenvalue weighted by Crippen LogP contribution is -2.33. The number of nitrogens with two attached hydrogens (primary N) is 1. The summed E-state index contributed by atoms with van der Waals surface area (Å²) in [5, 5.41) is 4.38. The van der Waals surface area contributed by atoms with Crippen LogP contribution in [0, 0.1) is 11.6 Å². The van der Waals surface area contributed by atoms with E-state index >= 15 is 0 Å². The lowest BCUT2D eigenvalue weighted by molar-refractivity contribution is 0.252. The predicted molar refractivity (Wildman–Crippen MR) is 59.7 cm³/mol. The van der Waals surface area contributed by atoms with Crippen LogP contribution in [-0.4, -0.2) is 19.1 Å². The summed E-state index contributed by atoms with van der Waals surface area (Å²) in [7, 11) is 0. The Labute approximate surface area is 97.6 Å². The summed E-state index contributed by atoms with van der Waals surface area (Å²) >= 11 is 0. The van der Waals surface area contributed by atoms with E-state index in [9.17, 15) is 13.6 Å². The molecule has 0 aliphatic carbocycles. The van der Waals surface area contributed by atoms with E-state index in [0.29, 0.717) is 0 Å². The first-order chi connectivity index (χ1) is 7.15. The molecule has 0 aliphatic rings. The Bertz CT molecular complexity index is 342. The summed E-state index contributed by atoms with van der Waals surface area (Å²) in [5.41, 5.74) is 4.67. The topological polar surface area (TPSA) is 67.1 Å². The van der Waals surface area contributed by atoms with Gasteiger partial charge in [-0.2, -0.15) is 0 Å². The van der Waals surface area contributed by atoms with Gasteiger partial charge < -0.3 is 16.4 Å². The van der Waals surface area contributed by atoms with E-state index in [0.717, 1.165) is 12.1 Å². The molecule has 0 fully saturated rings. The quantitative estimate of drug-likeness (QED) is 0.762. The van der Waals surface area contributed by atoms with Crippen LogP contribution in [0.4, 0.5) is 19.3 Å². The van der Waals surface area contributed by atoms with Crippen LogP contribution in [-0.2, 0) is 0 Å². The van der Waals surface area contributed by atoms with E-state index in [2.05, 4.69) is 10.6 Å². The fourth-order valence-corrected chi connectivity index (χ4v) is 0.961. The zero-order valence-corrected chi connectivity index (χ0v) is 9.11. The molecule has 0 radical (unpaired) electrons. The van der Waals surface area contributed by atoms with E-state index in [1.54, 1.807) is 0 Å². The van der Waals surface area contributed by atoms with E-state index in [1.807, 2.05) is 0 Å². The summed E-state index contributed by atoms with van der Waals surface area (Å²) in [6, 6.07) is 2.64. The van der Waals surface area contributed by atoms with Gasteiger partial charge in [0.1, 0.15) is 17.3 Å². The molecule has 2 amide bonds. The number of carbonyl (C=O) groups excluding carboxylic acids is 1. The first kappa shape index (κ1) is 14.6. The van der Waals surface area contributed by atoms with Gasteiger partial charge in [0.15, 0.2) is 0 Å². The molecule has 0 aliphatic heterocycles. The third-order valence-electron chi connectivity index (χ3n) is 1.63. The molecule has 0 saturated heterocycles. The minimum atomic E-state index is -0.821. The van der Waals surface area contributed by atoms with Crippen molar-refractivity contribution in [3.63, 3.8) is 0 Å². The molecule has 0 bridgehead atoms. The van der Waals surface area contributed by atoms with Crippen molar-refractivity contribution in [3.8, 4) is 0 Å². The Morgan fingerprint density at radius 3 is 2.38 bits per heavy atom. The number of benzene rings is 1. The summed E-state index contributed by atoms with van der Waals surface area (Å²) in [6.07, 6.45) is 0. The van der Waals surface area contributed by atoms with Crippen LogP contribution in [0.15, 0.2) is 18.2 Å². The first-order valence-electron chi connectivity index (χ1n) is 4.34. The Morgan fingerprint density at radius 1 is 1.31 bits per heavy atom. The van der Waals surface area contributed by atoms with Crippen molar-refractivity contribution in [1.82, 2.24) is 5.32 Å². The van der Waals surface area contributed by atoms with Crippen molar-refractivity contribution < 1.29 is 13.6 Å². The normalized spacial score (nSPS) is 9.19. The number of nitrogens with one attached hydrogen (secondary N) is 2. The van der Waals surface area contributed by atoms with Gasteiger partial charge in [-0.1, -0.05) is 6.07 Å². The molecule has 1 aromatic carbocycles. The fourth-order valence-electron chi connectivity index (χ4n) is 0.961. The highest BCUT2D eigenvalue weighted by atomic mass is 35.5. The van der Waals surface area contributed by atoms with E-state index in [1.165, 1.54) is 6.07 Å². The number of hydrogen-bond acceptors (Lipinski definition) is 2. The summed E-state index contributed by atoms with van der Waals surface area (Å²) in [4.78, 5) is 11.1. The Kier molecular flexibility index (Phi) is 6.36. The van der Waals surface area contributed by atoms with Crippen LogP contribution in [0.5, 0.6) is 0 Å². The molecule has 0 atom stereocenters. The average Bonchev–Trinajstić information content (AvgIpc) is 2.21. The molecule has 7 heteroatoms. The van der Waals surface area contributed by atoms with Gasteiger partial charge in [-0.05, 0) is 12.1 Å². The summed E-state index contributed by atoms with van der Waals surface area (Å²) < 4.78 is 26.1. The molecule has 0 unspecified atom stereocenters. The van der Waals surface area contributed by atoms with Gasteiger partial charge in [-0.25, -0.2) is 13.6 Å². The molecular formula is C9H12ClF2N3O. The van der Waals surface area contributed by atoms with Crippen molar-refractivity contribution in [2.75, 3.05) is 18.4 Å². The Hall–Kier alpha value is -1.40. The largest absolute Gasteiger partial charge is 0.337 e. The molecule has 1 aromatic rings. The third-order valence-corrected chi connectivity index (χ3v) is 1.63. The Balaban J connectivity index is 0.00000225. The highest BCUT2D eigenvalue weighted by Crippen LogP contribution is 2.17. The van der Waals surface area contributed by atoms with Gasteiger partial charge >= 0.3 is 6.03 Å². The number of carbonyl (C=O) groups is 1. The highest BCUT2D eigenvalue weighted by molar-refractivity contribution is 5.89. The van der Waals surface area contributed by atoms with Gasteiger partial charge in [0, 0.05) is 13.1 Å². The molecule has 4 N–H and O–H groups in total. The lowest BCUT2D eigenvalue weighted by Gasteiger charge is -2.07. The van der Waals surface area contributed by atoms with Crippen LogP contribution in [0.2, 0.25) is 0 Å². The fraction of sp³-hybridized carbons (Fsp3) is 0.222. The lowest BCUT2D eigenvalue weighted by atomic mass is 10.3. The maximum atomic E-state index is 13.0. The molecule has 16 heavy (non-hydrogen) atoms. The smallest absolute Gasteiger partial charge is 0.319 e. The third kappa shape index (κ3) is 4.00. The maximum absolute atomic E-state index is 13.0. The second kappa shape index (κ2) is 6.97. The maximum Gasteiger partial charge on any atom is 0.319 e. The van der Waals surface area contributed by atoms with E-state index < -0.39 is 23.4 Å². The summed E-state index contributed by atoms with van der Waals surface area (Å²) in [6.45, 7) is 0.495. The van der Waals surface area contributed by atoms with Crippen LogP contribution < -0.4 is 16.4 Å².